The number of benzene rings is 1. The molecule has 2 nitrogen and oxygen atoms in total. The van der Waals surface area contributed by atoms with Crippen LogP contribution in [0.25, 0.3) is 0 Å². The third-order valence-corrected chi connectivity index (χ3v) is 4.61. The van der Waals surface area contributed by atoms with Gasteiger partial charge in [0.2, 0.25) is 0 Å². The third-order valence-electron chi connectivity index (χ3n) is 3.81. The Balaban J connectivity index is 1.87. The van der Waals surface area contributed by atoms with Crippen molar-refractivity contribution < 1.29 is 0 Å². The molecule has 1 aromatic rings. The molecule has 0 radical (unpaired) electrons. The van der Waals surface area contributed by atoms with Crippen LogP contribution < -0.4 is 10.6 Å². The van der Waals surface area contributed by atoms with Crippen LogP contribution in [0.4, 0.5) is 5.69 Å². The first-order chi connectivity index (χ1) is 9.29. The number of hydrogen-bond acceptors (Lipinski definition) is 3. The summed E-state index contributed by atoms with van der Waals surface area (Å²) in [5.74, 6) is 0. The van der Waals surface area contributed by atoms with Crippen LogP contribution in [0.1, 0.15) is 39.0 Å². The summed E-state index contributed by atoms with van der Waals surface area (Å²) in [5, 5.41) is 7.35. The lowest BCUT2D eigenvalue weighted by molar-refractivity contribution is 0.456. The lowest BCUT2D eigenvalue weighted by Gasteiger charge is -2.23. The first kappa shape index (κ1) is 14.7. The number of hydrogen-bond donors (Lipinski definition) is 2. The molecular weight excluding hydrogens is 252 g/mol. The van der Waals surface area contributed by atoms with E-state index in [0.29, 0.717) is 12.1 Å². The molecule has 2 atom stereocenters. The molecule has 1 aliphatic heterocycles. The van der Waals surface area contributed by atoms with Crippen molar-refractivity contribution in [2.45, 2.75) is 56.0 Å². The van der Waals surface area contributed by atoms with Crippen molar-refractivity contribution in [3.63, 3.8) is 0 Å². The molecule has 2 unspecified atom stereocenters. The highest BCUT2D eigenvalue weighted by molar-refractivity contribution is 7.98. The Hall–Kier alpha value is -0.670. The lowest BCUT2D eigenvalue weighted by Crippen LogP contribution is -2.33. The number of para-hydroxylation sites is 1. The van der Waals surface area contributed by atoms with E-state index in [9.17, 15) is 0 Å². The predicted octanol–water partition coefficient (Wildman–Crippen LogP) is 4.13. The quantitative estimate of drug-likeness (QED) is 0.792. The molecular formula is C16H26N2S. The Kier molecular flexibility index (Phi) is 6.05. The fourth-order valence-electron chi connectivity index (χ4n) is 2.82. The number of thioether (sulfide) groups is 1. The fraction of sp³-hybridized carbons (Fsp3) is 0.625. The van der Waals surface area contributed by atoms with Crippen molar-refractivity contribution >= 4 is 17.4 Å². The molecule has 106 valence electrons. The molecule has 0 spiro atoms. The smallest absolute Gasteiger partial charge is 0.0480 e. The molecule has 1 aromatic carbocycles. The Morgan fingerprint density at radius 1 is 1.32 bits per heavy atom. The minimum Gasteiger partial charge on any atom is -0.382 e. The largest absolute Gasteiger partial charge is 0.382 e. The molecule has 1 aliphatic rings. The summed E-state index contributed by atoms with van der Waals surface area (Å²) in [6, 6.07) is 9.79. The highest BCUT2D eigenvalue weighted by Gasteiger charge is 2.15. The predicted molar refractivity (Wildman–Crippen MR) is 86.2 cm³/mol. The van der Waals surface area contributed by atoms with Crippen molar-refractivity contribution in [1.29, 1.82) is 0 Å². The maximum atomic E-state index is 3.68. The summed E-state index contributed by atoms with van der Waals surface area (Å²) in [6.45, 7) is 3.49. The van der Waals surface area contributed by atoms with Gasteiger partial charge in [0, 0.05) is 22.7 Å². The van der Waals surface area contributed by atoms with Crippen LogP contribution in [0.15, 0.2) is 29.2 Å². The molecule has 1 fully saturated rings. The minimum absolute atomic E-state index is 0.517. The second kappa shape index (κ2) is 7.81. The fourth-order valence-corrected chi connectivity index (χ4v) is 3.38. The van der Waals surface area contributed by atoms with Gasteiger partial charge in [-0.2, -0.15) is 0 Å². The van der Waals surface area contributed by atoms with Crippen LogP contribution in [-0.4, -0.2) is 24.9 Å². The van der Waals surface area contributed by atoms with Gasteiger partial charge in [0.25, 0.3) is 0 Å². The average molecular weight is 278 g/mol. The highest BCUT2D eigenvalue weighted by Crippen LogP contribution is 2.26. The van der Waals surface area contributed by atoms with E-state index in [1.807, 2.05) is 11.8 Å². The van der Waals surface area contributed by atoms with Crippen LogP contribution in [0.5, 0.6) is 0 Å². The monoisotopic (exact) mass is 278 g/mol. The zero-order valence-corrected chi connectivity index (χ0v) is 12.9. The van der Waals surface area contributed by atoms with Gasteiger partial charge in [0.15, 0.2) is 0 Å². The molecule has 0 amide bonds. The molecule has 0 bridgehead atoms. The maximum absolute atomic E-state index is 3.68. The summed E-state index contributed by atoms with van der Waals surface area (Å²) in [4.78, 5) is 1.34. The number of anilines is 1. The van der Waals surface area contributed by atoms with Crippen LogP contribution in [0.3, 0.4) is 0 Å². The van der Waals surface area contributed by atoms with E-state index in [0.717, 1.165) is 0 Å². The first-order valence-electron chi connectivity index (χ1n) is 7.42. The van der Waals surface area contributed by atoms with Gasteiger partial charge in [-0.25, -0.2) is 0 Å². The van der Waals surface area contributed by atoms with E-state index in [4.69, 9.17) is 0 Å². The second-order valence-corrected chi connectivity index (χ2v) is 6.33. The average Bonchev–Trinajstić information content (AvgIpc) is 2.68. The molecule has 2 N–H and O–H groups in total. The summed E-state index contributed by atoms with van der Waals surface area (Å²) in [7, 11) is 0. The Morgan fingerprint density at radius 2 is 2.16 bits per heavy atom. The van der Waals surface area contributed by atoms with Gasteiger partial charge < -0.3 is 10.6 Å². The summed E-state index contributed by atoms with van der Waals surface area (Å²) >= 11 is 1.81. The van der Waals surface area contributed by atoms with Crippen LogP contribution >= 0.6 is 11.8 Å². The standard InChI is InChI=1S/C16H26N2S/c1-13(12-14-8-4-3-7-11-17-14)18-15-9-5-6-10-16(15)19-2/h5-6,9-10,13-14,17-18H,3-4,7-8,11-12H2,1-2H3. The van der Waals surface area contributed by atoms with E-state index in [2.05, 4.69) is 48.1 Å². The van der Waals surface area contributed by atoms with E-state index >= 15 is 0 Å². The highest BCUT2D eigenvalue weighted by atomic mass is 32.2. The molecule has 1 heterocycles. The van der Waals surface area contributed by atoms with Crippen LogP contribution in [0.2, 0.25) is 0 Å². The number of nitrogens with one attached hydrogen (secondary N) is 2. The van der Waals surface area contributed by atoms with E-state index in [1.165, 1.54) is 49.2 Å². The first-order valence-corrected chi connectivity index (χ1v) is 8.65. The van der Waals surface area contributed by atoms with Crippen molar-refractivity contribution in [1.82, 2.24) is 5.32 Å². The second-order valence-electron chi connectivity index (χ2n) is 5.48. The van der Waals surface area contributed by atoms with Gasteiger partial charge in [-0.1, -0.05) is 25.0 Å². The maximum Gasteiger partial charge on any atom is 0.0480 e. The van der Waals surface area contributed by atoms with Crippen LogP contribution in [-0.2, 0) is 0 Å². The Bertz CT molecular complexity index is 373. The molecule has 3 heteroatoms. The number of rotatable bonds is 5. The molecule has 19 heavy (non-hydrogen) atoms. The Labute approximate surface area is 121 Å². The van der Waals surface area contributed by atoms with Gasteiger partial charge >= 0.3 is 0 Å². The van der Waals surface area contributed by atoms with E-state index in [-0.39, 0.29) is 0 Å². The third kappa shape index (κ3) is 4.73. The normalized spacial score (nSPS) is 21.7. The summed E-state index contributed by atoms with van der Waals surface area (Å²) in [5.41, 5.74) is 1.27. The van der Waals surface area contributed by atoms with Crippen molar-refractivity contribution in [3.05, 3.63) is 24.3 Å². The zero-order chi connectivity index (χ0) is 13.5. The van der Waals surface area contributed by atoms with Gasteiger partial charge in [0.05, 0.1) is 0 Å². The summed E-state index contributed by atoms with van der Waals surface area (Å²) in [6.07, 6.45) is 8.79. The molecule has 0 aromatic heterocycles. The topological polar surface area (TPSA) is 24.1 Å². The molecule has 0 saturated carbocycles. The molecule has 2 rings (SSSR count). The summed E-state index contributed by atoms with van der Waals surface area (Å²) < 4.78 is 0. The van der Waals surface area contributed by atoms with E-state index in [1.54, 1.807) is 0 Å². The van der Waals surface area contributed by atoms with Crippen molar-refractivity contribution in [2.24, 2.45) is 0 Å². The minimum atomic E-state index is 0.517. The van der Waals surface area contributed by atoms with E-state index < -0.39 is 0 Å². The lowest BCUT2D eigenvalue weighted by atomic mass is 10.0. The van der Waals surface area contributed by atoms with Gasteiger partial charge in [-0.15, -0.1) is 11.8 Å². The zero-order valence-electron chi connectivity index (χ0n) is 12.1. The van der Waals surface area contributed by atoms with Crippen molar-refractivity contribution in [3.8, 4) is 0 Å². The molecule has 1 saturated heterocycles. The SMILES string of the molecule is CSc1ccccc1NC(C)CC1CCCCCN1. The van der Waals surface area contributed by atoms with Crippen LogP contribution in [0, 0.1) is 0 Å². The Morgan fingerprint density at radius 3 is 3.00 bits per heavy atom. The molecule has 0 aliphatic carbocycles. The van der Waals surface area contributed by atoms with Gasteiger partial charge in [0.1, 0.15) is 0 Å². The van der Waals surface area contributed by atoms with Gasteiger partial charge in [-0.05, 0) is 51.1 Å². The van der Waals surface area contributed by atoms with Gasteiger partial charge in [-0.3, -0.25) is 0 Å². The van der Waals surface area contributed by atoms with Crippen molar-refractivity contribution in [2.75, 3.05) is 18.1 Å².